The normalized spacial score (nSPS) is 11.2. The highest BCUT2D eigenvalue weighted by Gasteiger charge is 2.25. The first kappa shape index (κ1) is 19.0. The number of anilines is 2. The van der Waals surface area contributed by atoms with Crippen LogP contribution in [0.2, 0.25) is 0 Å². The van der Waals surface area contributed by atoms with Crippen LogP contribution < -0.4 is 10.0 Å². The van der Waals surface area contributed by atoms with Crippen molar-refractivity contribution in [2.45, 2.75) is 16.8 Å². The molecule has 0 bridgehead atoms. The van der Waals surface area contributed by atoms with Gasteiger partial charge in [0.15, 0.2) is 5.03 Å². The van der Waals surface area contributed by atoms with Crippen molar-refractivity contribution < 1.29 is 13.2 Å². The Morgan fingerprint density at radius 1 is 1.04 bits per heavy atom. The number of nitrogens with one attached hydrogen (secondary N) is 3. The molecule has 0 saturated carbocycles. The van der Waals surface area contributed by atoms with Crippen LogP contribution in [0.4, 0.5) is 11.4 Å². The number of sulfonamides is 1. The van der Waals surface area contributed by atoms with Crippen LogP contribution in [0, 0.1) is 6.92 Å². The number of aromatic amines is 1. The highest BCUT2D eigenvalue weighted by atomic mass is 32.2. The summed E-state index contributed by atoms with van der Waals surface area (Å²) in [6.07, 6.45) is 3.15. The summed E-state index contributed by atoms with van der Waals surface area (Å²) in [6, 6.07) is 14.1. The summed E-state index contributed by atoms with van der Waals surface area (Å²) >= 11 is 1.59. The molecule has 0 unspecified atom stereocenters. The predicted molar refractivity (Wildman–Crippen MR) is 107 cm³/mol. The molecule has 0 atom stereocenters. The van der Waals surface area contributed by atoms with Gasteiger partial charge in [0.25, 0.3) is 15.9 Å². The second-order valence-corrected chi connectivity index (χ2v) is 8.27. The summed E-state index contributed by atoms with van der Waals surface area (Å²) in [5.41, 5.74) is 1.90. The van der Waals surface area contributed by atoms with E-state index >= 15 is 0 Å². The van der Waals surface area contributed by atoms with Gasteiger partial charge in [0.1, 0.15) is 0 Å². The van der Waals surface area contributed by atoms with Crippen LogP contribution in [0.1, 0.15) is 15.9 Å². The highest BCUT2D eigenvalue weighted by Crippen LogP contribution is 2.21. The fourth-order valence-electron chi connectivity index (χ4n) is 2.34. The first-order chi connectivity index (χ1) is 12.9. The number of H-pyrrole nitrogens is 1. The van der Waals surface area contributed by atoms with Crippen molar-refractivity contribution in [2.24, 2.45) is 0 Å². The first-order valence-corrected chi connectivity index (χ1v) is 10.7. The molecule has 1 aromatic heterocycles. The van der Waals surface area contributed by atoms with E-state index in [0.717, 1.165) is 10.5 Å². The first-order valence-electron chi connectivity index (χ1n) is 7.97. The summed E-state index contributed by atoms with van der Waals surface area (Å²) in [5.74, 6) is -0.565. The Morgan fingerprint density at radius 2 is 1.67 bits per heavy atom. The molecule has 3 N–H and O–H groups in total. The third-order valence-electron chi connectivity index (χ3n) is 3.77. The van der Waals surface area contributed by atoms with Crippen LogP contribution in [0.15, 0.2) is 64.6 Å². The fourth-order valence-corrected chi connectivity index (χ4v) is 3.91. The van der Waals surface area contributed by atoms with Gasteiger partial charge in [-0.2, -0.15) is 13.5 Å². The van der Waals surface area contributed by atoms with Gasteiger partial charge in [0, 0.05) is 16.3 Å². The molecule has 1 amide bonds. The highest BCUT2D eigenvalue weighted by molar-refractivity contribution is 7.98. The molecule has 1 heterocycles. The second kappa shape index (κ2) is 7.85. The molecule has 3 aromatic rings. The van der Waals surface area contributed by atoms with Crippen molar-refractivity contribution >= 4 is 39.1 Å². The zero-order valence-electron chi connectivity index (χ0n) is 14.7. The Morgan fingerprint density at radius 3 is 2.30 bits per heavy atom. The monoisotopic (exact) mass is 402 g/mol. The van der Waals surface area contributed by atoms with Gasteiger partial charge in [-0.05, 0) is 49.6 Å². The van der Waals surface area contributed by atoms with E-state index in [4.69, 9.17) is 0 Å². The van der Waals surface area contributed by atoms with E-state index in [1.807, 2.05) is 25.3 Å². The molecule has 9 heteroatoms. The molecule has 140 valence electrons. The number of hydrogen-bond acceptors (Lipinski definition) is 5. The van der Waals surface area contributed by atoms with Crippen LogP contribution >= 0.6 is 11.8 Å². The van der Waals surface area contributed by atoms with Gasteiger partial charge in [-0.1, -0.05) is 17.7 Å². The molecule has 0 fully saturated rings. The van der Waals surface area contributed by atoms with Gasteiger partial charge in [-0.25, -0.2) is 0 Å². The number of rotatable bonds is 6. The van der Waals surface area contributed by atoms with Crippen molar-refractivity contribution in [3.63, 3.8) is 0 Å². The lowest BCUT2D eigenvalue weighted by atomic mass is 10.2. The van der Waals surface area contributed by atoms with E-state index in [-0.39, 0.29) is 10.6 Å². The largest absolute Gasteiger partial charge is 0.322 e. The zero-order chi connectivity index (χ0) is 19.4. The Kier molecular flexibility index (Phi) is 5.52. The maximum Gasteiger partial charge on any atom is 0.279 e. The number of thioether (sulfide) groups is 1. The lowest BCUT2D eigenvalue weighted by molar-refractivity contribution is 0.102. The Balaban J connectivity index is 1.81. The van der Waals surface area contributed by atoms with Gasteiger partial charge in [0.2, 0.25) is 0 Å². The average molecular weight is 403 g/mol. The predicted octanol–water partition coefficient (Wildman–Crippen LogP) is 3.49. The smallest absolute Gasteiger partial charge is 0.279 e. The van der Waals surface area contributed by atoms with E-state index in [1.165, 1.54) is 6.20 Å². The summed E-state index contributed by atoms with van der Waals surface area (Å²) in [5, 5.41) is 8.51. The van der Waals surface area contributed by atoms with Crippen molar-refractivity contribution in [3.05, 3.63) is 65.9 Å². The SMILES string of the molecule is CSc1ccc(NC(=O)c2cn[nH]c2S(=O)(=O)Nc2ccc(C)cc2)cc1. The second-order valence-electron chi connectivity index (χ2n) is 5.77. The summed E-state index contributed by atoms with van der Waals surface area (Å²) in [6.45, 7) is 1.90. The quantitative estimate of drug-likeness (QED) is 0.548. The fraction of sp³-hybridized carbons (Fsp3) is 0.111. The molecule has 2 aromatic carbocycles. The Bertz CT molecular complexity index is 1040. The van der Waals surface area contributed by atoms with Crippen LogP contribution in [0.3, 0.4) is 0 Å². The molecule has 0 aliphatic rings. The van der Waals surface area contributed by atoms with Gasteiger partial charge < -0.3 is 5.32 Å². The van der Waals surface area contributed by atoms with Crippen molar-refractivity contribution in [2.75, 3.05) is 16.3 Å². The summed E-state index contributed by atoms with van der Waals surface area (Å²) < 4.78 is 27.7. The number of amides is 1. The molecule has 0 radical (unpaired) electrons. The number of aryl methyl sites for hydroxylation is 1. The molecule has 0 saturated heterocycles. The molecular weight excluding hydrogens is 384 g/mol. The van der Waals surface area contributed by atoms with Crippen LogP contribution in [0.5, 0.6) is 0 Å². The maximum atomic E-state index is 12.6. The van der Waals surface area contributed by atoms with E-state index < -0.39 is 15.9 Å². The molecular formula is C18H18N4O3S2. The number of carbonyl (C=O) groups is 1. The number of carbonyl (C=O) groups excluding carboxylic acids is 1. The molecule has 3 rings (SSSR count). The minimum absolute atomic E-state index is 0.0662. The van der Waals surface area contributed by atoms with Crippen molar-refractivity contribution in [1.82, 2.24) is 10.2 Å². The Labute approximate surface area is 161 Å². The van der Waals surface area contributed by atoms with Crippen LogP contribution in [-0.4, -0.2) is 30.8 Å². The third-order valence-corrected chi connectivity index (χ3v) is 5.87. The summed E-state index contributed by atoms with van der Waals surface area (Å²) in [7, 11) is -3.99. The molecule has 0 aliphatic carbocycles. The van der Waals surface area contributed by atoms with Crippen LogP contribution in [0.25, 0.3) is 0 Å². The minimum atomic E-state index is -3.99. The van der Waals surface area contributed by atoms with E-state index in [2.05, 4.69) is 20.2 Å². The molecule has 27 heavy (non-hydrogen) atoms. The maximum absolute atomic E-state index is 12.6. The molecule has 0 spiro atoms. The number of hydrogen-bond donors (Lipinski definition) is 3. The van der Waals surface area contributed by atoms with Crippen molar-refractivity contribution in [3.8, 4) is 0 Å². The van der Waals surface area contributed by atoms with Crippen molar-refractivity contribution in [1.29, 1.82) is 0 Å². The number of nitrogens with zero attached hydrogens (tertiary/aromatic N) is 1. The minimum Gasteiger partial charge on any atom is -0.322 e. The van der Waals surface area contributed by atoms with E-state index in [9.17, 15) is 13.2 Å². The van der Waals surface area contributed by atoms with Gasteiger partial charge >= 0.3 is 0 Å². The topological polar surface area (TPSA) is 104 Å². The lowest BCUT2D eigenvalue weighted by Crippen LogP contribution is -2.19. The molecule has 7 nitrogen and oxygen atoms in total. The van der Waals surface area contributed by atoms with E-state index in [1.54, 1.807) is 48.2 Å². The van der Waals surface area contributed by atoms with Gasteiger partial charge in [0.05, 0.1) is 11.8 Å². The van der Waals surface area contributed by atoms with E-state index in [0.29, 0.717) is 11.4 Å². The molecule has 0 aliphatic heterocycles. The zero-order valence-corrected chi connectivity index (χ0v) is 16.3. The number of aromatic nitrogens is 2. The third kappa shape index (κ3) is 4.50. The van der Waals surface area contributed by atoms with Gasteiger partial charge in [-0.15, -0.1) is 11.8 Å². The standard InChI is InChI=1S/C18H18N4O3S2/c1-12-3-5-14(6-4-12)22-27(24,25)18-16(11-19-21-18)17(23)20-13-7-9-15(26-2)10-8-13/h3-11,22H,1-2H3,(H,19,21)(H,20,23). The van der Waals surface area contributed by atoms with Crippen LogP contribution in [-0.2, 0) is 10.0 Å². The average Bonchev–Trinajstić information content (AvgIpc) is 3.15. The van der Waals surface area contributed by atoms with Gasteiger partial charge in [-0.3, -0.25) is 14.6 Å². The Hall–Kier alpha value is -2.78. The summed E-state index contributed by atoms with van der Waals surface area (Å²) in [4.78, 5) is 13.6. The number of benzene rings is 2. The lowest BCUT2D eigenvalue weighted by Gasteiger charge is -2.09.